The molecule has 3 rings (SSSR count). The van der Waals surface area contributed by atoms with Crippen LogP contribution in [0, 0.1) is 5.82 Å². The molecule has 3 nitrogen and oxygen atoms in total. The van der Waals surface area contributed by atoms with Crippen molar-refractivity contribution in [3.63, 3.8) is 0 Å². The second-order valence-corrected chi connectivity index (χ2v) is 5.49. The first-order valence-corrected chi connectivity index (χ1v) is 7.46. The molecule has 1 aromatic carbocycles. The van der Waals surface area contributed by atoms with Gasteiger partial charge < -0.3 is 10.2 Å². The summed E-state index contributed by atoms with van der Waals surface area (Å²) in [6.07, 6.45) is 4.26. The highest BCUT2D eigenvalue weighted by Crippen LogP contribution is 2.29. The number of hydrogen-bond donors (Lipinski definition) is 1. The maximum Gasteiger partial charge on any atom is 0.151 e. The minimum atomic E-state index is -0.202. The number of nitrogens with zero attached hydrogens (tertiary/aromatic N) is 2. The average Bonchev–Trinajstić information content (AvgIpc) is 3.02. The number of halogens is 1. The van der Waals surface area contributed by atoms with Gasteiger partial charge in [0.2, 0.25) is 0 Å². The van der Waals surface area contributed by atoms with E-state index in [1.165, 1.54) is 18.9 Å². The van der Waals surface area contributed by atoms with E-state index in [0.29, 0.717) is 0 Å². The molecule has 1 unspecified atom stereocenters. The maximum atomic E-state index is 13.3. The van der Waals surface area contributed by atoms with Gasteiger partial charge in [0.15, 0.2) is 5.82 Å². The summed E-state index contributed by atoms with van der Waals surface area (Å²) in [6.45, 7) is 4.15. The third kappa shape index (κ3) is 3.15. The quantitative estimate of drug-likeness (QED) is 0.920. The van der Waals surface area contributed by atoms with Crippen LogP contribution in [0.2, 0.25) is 0 Å². The Morgan fingerprint density at radius 1 is 1.19 bits per heavy atom. The Bertz CT molecular complexity index is 608. The monoisotopic (exact) mass is 285 g/mol. The van der Waals surface area contributed by atoms with E-state index in [0.717, 1.165) is 30.2 Å². The second-order valence-electron chi connectivity index (χ2n) is 5.49. The van der Waals surface area contributed by atoms with E-state index in [1.54, 1.807) is 12.1 Å². The zero-order valence-electron chi connectivity index (χ0n) is 12.2. The fourth-order valence-corrected chi connectivity index (χ4v) is 2.78. The van der Waals surface area contributed by atoms with Crippen molar-refractivity contribution < 1.29 is 4.39 Å². The van der Waals surface area contributed by atoms with E-state index < -0.39 is 0 Å². The van der Waals surface area contributed by atoms with Crippen LogP contribution in [0.1, 0.15) is 31.4 Å². The highest BCUT2D eigenvalue weighted by molar-refractivity contribution is 5.66. The van der Waals surface area contributed by atoms with Gasteiger partial charge in [0, 0.05) is 25.3 Å². The first-order chi connectivity index (χ1) is 10.2. The van der Waals surface area contributed by atoms with Crippen LogP contribution in [-0.4, -0.2) is 18.1 Å². The fourth-order valence-electron chi connectivity index (χ4n) is 2.78. The van der Waals surface area contributed by atoms with Crippen LogP contribution < -0.4 is 10.2 Å². The molecule has 0 radical (unpaired) electrons. The van der Waals surface area contributed by atoms with Gasteiger partial charge in [-0.05, 0) is 49.6 Å². The fraction of sp³-hybridized carbons (Fsp3) is 0.353. The Kier molecular flexibility index (Phi) is 4.04. The summed E-state index contributed by atoms with van der Waals surface area (Å²) in [6, 6.07) is 10.7. The van der Waals surface area contributed by atoms with Crippen molar-refractivity contribution in [2.75, 3.05) is 23.3 Å². The maximum absolute atomic E-state index is 13.3. The molecule has 1 atom stereocenters. The SMILES string of the molecule is CC(Nc1cccnc1N1CCCC1)c1cccc(F)c1. The van der Waals surface area contributed by atoms with E-state index in [9.17, 15) is 4.39 Å². The molecular formula is C17H20FN3. The number of hydrogen-bond acceptors (Lipinski definition) is 3. The number of pyridine rings is 1. The lowest BCUT2D eigenvalue weighted by Gasteiger charge is -2.23. The number of nitrogens with one attached hydrogen (secondary N) is 1. The molecule has 1 saturated heterocycles. The minimum Gasteiger partial charge on any atom is -0.376 e. The van der Waals surface area contributed by atoms with Gasteiger partial charge in [-0.15, -0.1) is 0 Å². The summed E-state index contributed by atoms with van der Waals surface area (Å²) < 4.78 is 13.3. The Labute approximate surface area is 124 Å². The van der Waals surface area contributed by atoms with Gasteiger partial charge in [0.1, 0.15) is 5.82 Å². The normalized spacial score (nSPS) is 16.0. The molecule has 1 fully saturated rings. The van der Waals surface area contributed by atoms with E-state index >= 15 is 0 Å². The van der Waals surface area contributed by atoms with Crippen LogP contribution in [0.3, 0.4) is 0 Å². The smallest absolute Gasteiger partial charge is 0.151 e. The summed E-state index contributed by atoms with van der Waals surface area (Å²) in [5.74, 6) is 0.797. The van der Waals surface area contributed by atoms with E-state index in [2.05, 4.69) is 15.2 Å². The topological polar surface area (TPSA) is 28.2 Å². The Balaban J connectivity index is 1.81. The van der Waals surface area contributed by atoms with Crippen molar-refractivity contribution in [3.8, 4) is 0 Å². The molecule has 0 amide bonds. The van der Waals surface area contributed by atoms with Gasteiger partial charge in [-0.1, -0.05) is 12.1 Å². The lowest BCUT2D eigenvalue weighted by Crippen LogP contribution is -2.21. The zero-order chi connectivity index (χ0) is 14.7. The number of aromatic nitrogens is 1. The largest absolute Gasteiger partial charge is 0.376 e. The number of benzene rings is 1. The van der Waals surface area contributed by atoms with Crippen molar-refractivity contribution in [1.82, 2.24) is 4.98 Å². The molecule has 0 saturated carbocycles. The molecule has 110 valence electrons. The van der Waals surface area contributed by atoms with Crippen molar-refractivity contribution in [3.05, 3.63) is 54.0 Å². The summed E-state index contributed by atoms with van der Waals surface area (Å²) in [7, 11) is 0. The van der Waals surface area contributed by atoms with E-state index in [4.69, 9.17) is 0 Å². The Morgan fingerprint density at radius 2 is 2.00 bits per heavy atom. The molecule has 4 heteroatoms. The van der Waals surface area contributed by atoms with Crippen molar-refractivity contribution >= 4 is 11.5 Å². The highest BCUT2D eigenvalue weighted by atomic mass is 19.1. The summed E-state index contributed by atoms with van der Waals surface area (Å²) in [5.41, 5.74) is 1.95. The van der Waals surface area contributed by atoms with Crippen LogP contribution in [0.15, 0.2) is 42.6 Å². The molecule has 21 heavy (non-hydrogen) atoms. The van der Waals surface area contributed by atoms with Crippen molar-refractivity contribution in [2.45, 2.75) is 25.8 Å². The summed E-state index contributed by atoms with van der Waals surface area (Å²) >= 11 is 0. The third-order valence-corrected chi connectivity index (χ3v) is 3.91. The molecule has 2 heterocycles. The summed E-state index contributed by atoms with van der Waals surface area (Å²) in [4.78, 5) is 6.82. The van der Waals surface area contributed by atoms with Crippen LogP contribution in [0.5, 0.6) is 0 Å². The minimum absolute atomic E-state index is 0.0336. The van der Waals surface area contributed by atoms with Crippen LogP contribution in [-0.2, 0) is 0 Å². The van der Waals surface area contributed by atoms with E-state index in [1.807, 2.05) is 31.3 Å². The second kappa shape index (κ2) is 6.12. The lowest BCUT2D eigenvalue weighted by atomic mass is 10.1. The van der Waals surface area contributed by atoms with Gasteiger partial charge in [-0.3, -0.25) is 0 Å². The van der Waals surface area contributed by atoms with Gasteiger partial charge in [0.25, 0.3) is 0 Å². The molecule has 1 N–H and O–H groups in total. The number of anilines is 2. The van der Waals surface area contributed by atoms with Crippen LogP contribution in [0.25, 0.3) is 0 Å². The molecule has 0 spiro atoms. The first kappa shape index (κ1) is 13.9. The number of rotatable bonds is 4. The van der Waals surface area contributed by atoms with Gasteiger partial charge in [-0.2, -0.15) is 0 Å². The molecular weight excluding hydrogens is 265 g/mol. The average molecular weight is 285 g/mol. The van der Waals surface area contributed by atoms with Crippen LogP contribution >= 0.6 is 0 Å². The predicted octanol–water partition coefficient (Wildman–Crippen LogP) is 3.99. The summed E-state index contributed by atoms with van der Waals surface area (Å²) in [5, 5.41) is 3.46. The van der Waals surface area contributed by atoms with Crippen LogP contribution in [0.4, 0.5) is 15.9 Å². The van der Waals surface area contributed by atoms with Gasteiger partial charge in [-0.25, -0.2) is 9.37 Å². The lowest BCUT2D eigenvalue weighted by molar-refractivity contribution is 0.623. The van der Waals surface area contributed by atoms with E-state index in [-0.39, 0.29) is 11.9 Å². The molecule has 1 aliphatic heterocycles. The molecule has 2 aromatic rings. The highest BCUT2D eigenvalue weighted by Gasteiger charge is 2.18. The van der Waals surface area contributed by atoms with Gasteiger partial charge in [0.05, 0.1) is 5.69 Å². The standard InChI is InChI=1S/C17H20FN3/c1-13(14-6-4-7-15(18)12-14)20-16-8-5-9-19-17(16)21-10-2-3-11-21/h4-9,12-13,20H,2-3,10-11H2,1H3. The molecule has 0 aliphatic carbocycles. The third-order valence-electron chi connectivity index (χ3n) is 3.91. The predicted molar refractivity (Wildman–Crippen MR) is 84.1 cm³/mol. The molecule has 1 aliphatic rings. The first-order valence-electron chi connectivity index (χ1n) is 7.46. The van der Waals surface area contributed by atoms with Crippen molar-refractivity contribution in [2.24, 2.45) is 0 Å². The Morgan fingerprint density at radius 3 is 2.76 bits per heavy atom. The zero-order valence-corrected chi connectivity index (χ0v) is 12.2. The van der Waals surface area contributed by atoms with Gasteiger partial charge >= 0.3 is 0 Å². The molecule has 1 aromatic heterocycles. The van der Waals surface area contributed by atoms with Crippen molar-refractivity contribution in [1.29, 1.82) is 0 Å². The molecule has 0 bridgehead atoms. The Hall–Kier alpha value is -2.10.